The van der Waals surface area contributed by atoms with Crippen molar-refractivity contribution in [2.75, 3.05) is 37.4 Å². The van der Waals surface area contributed by atoms with Gasteiger partial charge in [0.1, 0.15) is 10.4 Å². The van der Waals surface area contributed by atoms with E-state index in [0.29, 0.717) is 40.2 Å². The van der Waals surface area contributed by atoms with Crippen LogP contribution in [0.25, 0.3) is 10.6 Å². The van der Waals surface area contributed by atoms with Gasteiger partial charge in [-0.3, -0.25) is 4.79 Å². The van der Waals surface area contributed by atoms with Gasteiger partial charge in [0.25, 0.3) is 5.91 Å². The first-order chi connectivity index (χ1) is 18.3. The Labute approximate surface area is 226 Å². The second-order valence-electron chi connectivity index (χ2n) is 9.48. The highest BCUT2D eigenvalue weighted by atomic mass is 32.2. The summed E-state index contributed by atoms with van der Waals surface area (Å²) >= 11 is 2.54. The number of benzene rings is 1. The van der Waals surface area contributed by atoms with E-state index in [1.165, 1.54) is 17.3 Å². The SMILES string of the molecule is CCc1cc2c(cc1Nc1ncc(C(F)(F)F)c(-c3cc4c(s3)C(=O)N(C3COC3)CCS4)n1)CNCC2. The number of amides is 1. The molecule has 7 nitrogen and oxygen atoms in total. The van der Waals surface area contributed by atoms with E-state index in [-0.39, 0.29) is 23.6 Å². The molecule has 1 aromatic carbocycles. The van der Waals surface area contributed by atoms with Gasteiger partial charge in [-0.25, -0.2) is 9.97 Å². The number of rotatable bonds is 5. The third kappa shape index (κ3) is 4.78. The van der Waals surface area contributed by atoms with Crippen molar-refractivity contribution in [2.45, 2.75) is 43.4 Å². The first-order valence-electron chi connectivity index (χ1n) is 12.5. The van der Waals surface area contributed by atoms with Crippen LogP contribution >= 0.6 is 23.1 Å². The van der Waals surface area contributed by atoms with Crippen LogP contribution in [0.2, 0.25) is 0 Å². The first-order valence-corrected chi connectivity index (χ1v) is 14.3. The average Bonchev–Trinajstić information content (AvgIpc) is 3.23. The predicted molar refractivity (Wildman–Crippen MR) is 141 cm³/mol. The van der Waals surface area contributed by atoms with Crippen molar-refractivity contribution >= 4 is 40.6 Å². The lowest BCUT2D eigenvalue weighted by Crippen LogP contribution is -2.52. The number of carbonyl (C=O) groups excluding carboxylic acids is 1. The van der Waals surface area contributed by atoms with Gasteiger partial charge >= 0.3 is 6.18 Å². The summed E-state index contributed by atoms with van der Waals surface area (Å²) in [6.07, 6.45) is -2.12. The van der Waals surface area contributed by atoms with Gasteiger partial charge < -0.3 is 20.3 Å². The van der Waals surface area contributed by atoms with Gasteiger partial charge in [0.05, 0.1) is 29.8 Å². The van der Waals surface area contributed by atoms with Crippen LogP contribution in [0.1, 0.15) is 38.8 Å². The summed E-state index contributed by atoms with van der Waals surface area (Å²) in [7, 11) is 0. The summed E-state index contributed by atoms with van der Waals surface area (Å²) in [5.41, 5.74) is 3.13. The fraction of sp³-hybridized carbons (Fsp3) is 0.423. The largest absolute Gasteiger partial charge is 0.420 e. The van der Waals surface area contributed by atoms with Gasteiger partial charge in [-0.2, -0.15) is 13.2 Å². The van der Waals surface area contributed by atoms with Gasteiger partial charge in [-0.05, 0) is 48.2 Å². The summed E-state index contributed by atoms with van der Waals surface area (Å²) in [6.45, 7) is 5.26. The van der Waals surface area contributed by atoms with E-state index in [2.05, 4.69) is 26.7 Å². The quantitative estimate of drug-likeness (QED) is 0.448. The number of thiophene rings is 1. The number of alkyl halides is 3. The van der Waals surface area contributed by atoms with Crippen LogP contribution < -0.4 is 10.6 Å². The maximum absolute atomic E-state index is 14.0. The average molecular weight is 562 g/mol. The molecule has 0 atom stereocenters. The van der Waals surface area contributed by atoms with Crippen molar-refractivity contribution in [2.24, 2.45) is 0 Å². The fourth-order valence-corrected chi connectivity index (χ4v) is 7.25. The fourth-order valence-electron chi connectivity index (χ4n) is 4.94. The monoisotopic (exact) mass is 561 g/mol. The van der Waals surface area contributed by atoms with E-state index in [4.69, 9.17) is 4.74 Å². The Kier molecular flexibility index (Phi) is 6.83. The molecule has 0 unspecified atom stereocenters. The number of anilines is 2. The number of carbonyl (C=O) groups is 1. The maximum Gasteiger partial charge on any atom is 0.420 e. The zero-order valence-electron chi connectivity index (χ0n) is 20.7. The second kappa shape index (κ2) is 10.1. The van der Waals surface area contributed by atoms with Crippen LogP contribution in [-0.2, 0) is 30.3 Å². The molecular weight excluding hydrogens is 535 g/mol. The van der Waals surface area contributed by atoms with Gasteiger partial charge in [0.15, 0.2) is 0 Å². The topological polar surface area (TPSA) is 79.4 Å². The maximum atomic E-state index is 14.0. The van der Waals surface area contributed by atoms with Crippen LogP contribution in [0.3, 0.4) is 0 Å². The molecule has 0 bridgehead atoms. The molecule has 1 amide bonds. The molecule has 0 aliphatic carbocycles. The molecule has 6 rings (SSSR count). The molecule has 3 aliphatic rings. The molecule has 38 heavy (non-hydrogen) atoms. The normalized spacial score (nSPS) is 18.0. The molecule has 0 saturated carbocycles. The van der Waals surface area contributed by atoms with E-state index >= 15 is 0 Å². The van der Waals surface area contributed by atoms with E-state index in [0.717, 1.165) is 60.3 Å². The number of thioether (sulfide) groups is 1. The van der Waals surface area contributed by atoms with Gasteiger partial charge in [-0.15, -0.1) is 23.1 Å². The summed E-state index contributed by atoms with van der Waals surface area (Å²) < 4.78 is 47.4. The molecule has 0 spiro atoms. The molecule has 2 N–H and O–H groups in total. The van der Waals surface area contributed by atoms with E-state index in [9.17, 15) is 18.0 Å². The molecule has 3 aliphatic heterocycles. The number of fused-ring (bicyclic) bond motifs is 2. The van der Waals surface area contributed by atoms with Gasteiger partial charge in [0, 0.05) is 35.6 Å². The Hall–Kier alpha value is -2.67. The molecule has 1 saturated heterocycles. The highest BCUT2D eigenvalue weighted by molar-refractivity contribution is 7.99. The zero-order chi connectivity index (χ0) is 26.4. The Balaban J connectivity index is 1.38. The number of ether oxygens (including phenoxy) is 1. The summed E-state index contributed by atoms with van der Waals surface area (Å²) in [6, 6.07) is 5.86. The number of nitrogens with zero attached hydrogens (tertiary/aromatic N) is 3. The Morgan fingerprint density at radius 2 is 2.08 bits per heavy atom. The smallest absolute Gasteiger partial charge is 0.377 e. The highest BCUT2D eigenvalue weighted by Crippen LogP contribution is 2.43. The van der Waals surface area contributed by atoms with Crippen LogP contribution in [0.15, 0.2) is 29.3 Å². The minimum atomic E-state index is -4.65. The number of nitrogens with one attached hydrogen (secondary N) is 2. The molecule has 12 heteroatoms. The minimum absolute atomic E-state index is 0.0137. The highest BCUT2D eigenvalue weighted by Gasteiger charge is 2.38. The molecule has 200 valence electrons. The molecular formula is C26H26F3N5O2S2. The Bertz CT molecular complexity index is 1390. The standard InChI is InChI=1S/C26H26F3N5O2S2/c1-2-14-7-15-3-4-30-10-16(15)8-19(14)32-25-31-11-18(26(27,28)29)22(33-25)20-9-21-23(38-20)24(35)34(5-6-37-21)17-12-36-13-17/h7-9,11,17,30H,2-6,10,12-13H2,1H3,(H,31,32,33). The van der Waals surface area contributed by atoms with E-state index in [1.807, 2.05) is 13.0 Å². The third-order valence-corrected chi connectivity index (χ3v) is 9.35. The minimum Gasteiger partial charge on any atom is -0.377 e. The molecule has 2 aromatic heterocycles. The van der Waals surface area contributed by atoms with Crippen LogP contribution in [0.5, 0.6) is 0 Å². The second-order valence-corrected chi connectivity index (χ2v) is 11.7. The van der Waals surface area contributed by atoms with Crippen molar-refractivity contribution in [3.8, 4) is 10.6 Å². The molecule has 0 radical (unpaired) electrons. The van der Waals surface area contributed by atoms with Crippen molar-refractivity contribution in [3.63, 3.8) is 0 Å². The number of aromatic nitrogens is 2. The van der Waals surface area contributed by atoms with Crippen molar-refractivity contribution in [3.05, 3.63) is 51.5 Å². The number of aryl methyl sites for hydroxylation is 1. The number of hydrogen-bond donors (Lipinski definition) is 2. The lowest BCUT2D eigenvalue weighted by atomic mass is 9.96. The van der Waals surface area contributed by atoms with Crippen LogP contribution in [0, 0.1) is 0 Å². The number of halogens is 3. The van der Waals surface area contributed by atoms with E-state index < -0.39 is 11.7 Å². The third-order valence-electron chi connectivity index (χ3n) is 7.07. The van der Waals surface area contributed by atoms with E-state index in [1.54, 1.807) is 11.0 Å². The molecule has 5 heterocycles. The first kappa shape index (κ1) is 25.6. The zero-order valence-corrected chi connectivity index (χ0v) is 22.3. The summed E-state index contributed by atoms with van der Waals surface area (Å²) in [4.78, 5) is 24.9. The number of hydrogen-bond acceptors (Lipinski definition) is 8. The van der Waals surface area contributed by atoms with Crippen LogP contribution in [-0.4, -0.2) is 58.9 Å². The Morgan fingerprint density at radius 3 is 2.82 bits per heavy atom. The lowest BCUT2D eigenvalue weighted by molar-refractivity contribution is -0.137. The lowest BCUT2D eigenvalue weighted by Gasteiger charge is -2.36. The van der Waals surface area contributed by atoms with Crippen LogP contribution in [0.4, 0.5) is 24.8 Å². The van der Waals surface area contributed by atoms with Crippen molar-refractivity contribution < 1.29 is 22.7 Å². The Morgan fingerprint density at radius 1 is 1.24 bits per heavy atom. The molecule has 3 aromatic rings. The summed E-state index contributed by atoms with van der Waals surface area (Å²) in [5.74, 6) is 0.592. The summed E-state index contributed by atoms with van der Waals surface area (Å²) in [5, 5.41) is 6.52. The van der Waals surface area contributed by atoms with Gasteiger partial charge in [0.2, 0.25) is 5.95 Å². The van der Waals surface area contributed by atoms with Crippen molar-refractivity contribution in [1.82, 2.24) is 20.2 Å². The predicted octanol–water partition coefficient (Wildman–Crippen LogP) is 5.12. The van der Waals surface area contributed by atoms with Gasteiger partial charge in [-0.1, -0.05) is 13.0 Å². The molecule has 1 fully saturated rings. The van der Waals surface area contributed by atoms with Crippen molar-refractivity contribution in [1.29, 1.82) is 0 Å².